The lowest BCUT2D eigenvalue weighted by molar-refractivity contribution is -0.134. The van der Waals surface area contributed by atoms with E-state index >= 15 is 0 Å². The Labute approximate surface area is 131 Å². The van der Waals surface area contributed by atoms with Crippen LogP contribution < -0.4 is 5.32 Å². The number of aryl methyl sites for hydroxylation is 1. The lowest BCUT2D eigenvalue weighted by Crippen LogP contribution is -2.57. The Balaban J connectivity index is 1.91. The molecule has 1 aliphatic rings. The van der Waals surface area contributed by atoms with Crippen LogP contribution in [0.15, 0.2) is 30.3 Å². The summed E-state index contributed by atoms with van der Waals surface area (Å²) in [4.78, 5) is 14.1. The lowest BCUT2D eigenvalue weighted by Gasteiger charge is -2.39. The smallest absolute Gasteiger partial charge is 0.237 e. The van der Waals surface area contributed by atoms with Gasteiger partial charge in [0.15, 0.2) is 0 Å². The van der Waals surface area contributed by atoms with Crippen molar-refractivity contribution in [3.63, 3.8) is 0 Å². The van der Waals surface area contributed by atoms with E-state index in [0.29, 0.717) is 19.5 Å². The maximum absolute atomic E-state index is 12.1. The van der Waals surface area contributed by atoms with Crippen molar-refractivity contribution in [1.82, 2.24) is 10.2 Å². The standard InChI is InChI=1S/C17H26N2O3/c1-2-18-17(22)14-11-15(20)16(21)12-19(14)10-6-9-13-7-4-3-5-8-13/h3-5,7-8,14-16,20-21H,2,6,9-12H2,1H3,(H,18,22). The molecule has 5 heteroatoms. The van der Waals surface area contributed by atoms with Crippen LogP contribution in [0.25, 0.3) is 0 Å². The summed E-state index contributed by atoms with van der Waals surface area (Å²) in [5.74, 6) is -0.0619. The molecule has 0 spiro atoms. The fourth-order valence-electron chi connectivity index (χ4n) is 2.97. The molecular formula is C17H26N2O3. The number of likely N-dealkylation sites (N-methyl/N-ethyl adjacent to an activating group) is 1. The van der Waals surface area contributed by atoms with Crippen LogP contribution in [-0.2, 0) is 11.2 Å². The van der Waals surface area contributed by atoms with Gasteiger partial charge in [0.1, 0.15) is 0 Å². The highest BCUT2D eigenvalue weighted by Crippen LogP contribution is 2.19. The van der Waals surface area contributed by atoms with Gasteiger partial charge in [0.2, 0.25) is 5.91 Å². The lowest BCUT2D eigenvalue weighted by atomic mass is 9.96. The number of nitrogens with one attached hydrogen (secondary N) is 1. The summed E-state index contributed by atoms with van der Waals surface area (Å²) >= 11 is 0. The topological polar surface area (TPSA) is 72.8 Å². The number of piperidine rings is 1. The van der Waals surface area contributed by atoms with Gasteiger partial charge < -0.3 is 15.5 Å². The van der Waals surface area contributed by atoms with Gasteiger partial charge in [-0.2, -0.15) is 0 Å². The van der Waals surface area contributed by atoms with Crippen LogP contribution in [0.2, 0.25) is 0 Å². The predicted molar refractivity (Wildman–Crippen MR) is 85.4 cm³/mol. The number of rotatable bonds is 6. The van der Waals surface area contributed by atoms with Crippen molar-refractivity contribution in [1.29, 1.82) is 0 Å². The van der Waals surface area contributed by atoms with Crippen LogP contribution >= 0.6 is 0 Å². The molecule has 1 aromatic rings. The number of β-amino-alcohol motifs (C(OH)–C–C–N with tert-alkyl or cyclic N) is 1. The first-order valence-electron chi connectivity index (χ1n) is 8.03. The van der Waals surface area contributed by atoms with E-state index in [9.17, 15) is 15.0 Å². The Morgan fingerprint density at radius 2 is 2.00 bits per heavy atom. The molecule has 1 heterocycles. The molecule has 22 heavy (non-hydrogen) atoms. The molecule has 1 saturated heterocycles. The molecule has 0 aliphatic carbocycles. The molecule has 0 saturated carbocycles. The Hall–Kier alpha value is -1.43. The molecule has 0 radical (unpaired) electrons. The zero-order valence-corrected chi connectivity index (χ0v) is 13.1. The number of nitrogens with zero attached hydrogens (tertiary/aromatic N) is 1. The zero-order chi connectivity index (χ0) is 15.9. The van der Waals surface area contributed by atoms with Crippen LogP contribution in [0.5, 0.6) is 0 Å². The molecule has 3 unspecified atom stereocenters. The van der Waals surface area contributed by atoms with Crippen molar-refractivity contribution in [3.05, 3.63) is 35.9 Å². The molecule has 1 aliphatic heterocycles. The second-order valence-electron chi connectivity index (χ2n) is 5.86. The van der Waals surface area contributed by atoms with Gasteiger partial charge >= 0.3 is 0 Å². The number of likely N-dealkylation sites (tertiary alicyclic amines) is 1. The molecule has 2 rings (SSSR count). The summed E-state index contributed by atoms with van der Waals surface area (Å²) in [6.07, 6.45) is 0.555. The number of benzene rings is 1. The van der Waals surface area contributed by atoms with Crippen molar-refractivity contribution >= 4 is 5.91 Å². The van der Waals surface area contributed by atoms with E-state index in [1.165, 1.54) is 5.56 Å². The van der Waals surface area contributed by atoms with Gasteiger partial charge in [0.25, 0.3) is 0 Å². The quantitative estimate of drug-likeness (QED) is 0.718. The molecule has 0 aromatic heterocycles. The van der Waals surface area contributed by atoms with Gasteiger partial charge in [0.05, 0.1) is 18.2 Å². The summed E-state index contributed by atoms with van der Waals surface area (Å²) in [5, 5.41) is 22.5. The Kier molecular flexibility index (Phi) is 6.36. The third-order valence-corrected chi connectivity index (χ3v) is 4.18. The van der Waals surface area contributed by atoms with Gasteiger partial charge in [-0.15, -0.1) is 0 Å². The SMILES string of the molecule is CCNC(=O)C1CC(O)C(O)CN1CCCc1ccccc1. The number of aliphatic hydroxyl groups excluding tert-OH is 2. The normalized spacial score (nSPS) is 25.9. The van der Waals surface area contributed by atoms with Crippen LogP contribution in [-0.4, -0.2) is 58.9 Å². The van der Waals surface area contributed by atoms with E-state index in [4.69, 9.17) is 0 Å². The monoisotopic (exact) mass is 306 g/mol. The summed E-state index contributed by atoms with van der Waals surface area (Å²) in [7, 11) is 0. The molecule has 3 atom stereocenters. The van der Waals surface area contributed by atoms with Gasteiger partial charge in [-0.05, 0) is 31.9 Å². The Morgan fingerprint density at radius 1 is 1.27 bits per heavy atom. The molecule has 5 nitrogen and oxygen atoms in total. The third-order valence-electron chi connectivity index (χ3n) is 4.18. The number of amides is 1. The van der Waals surface area contributed by atoms with Crippen molar-refractivity contribution in [2.45, 2.75) is 44.4 Å². The number of hydrogen-bond donors (Lipinski definition) is 3. The summed E-state index contributed by atoms with van der Waals surface area (Å²) in [6.45, 7) is 3.54. The van der Waals surface area contributed by atoms with Crippen LogP contribution in [0.3, 0.4) is 0 Å². The summed E-state index contributed by atoms with van der Waals surface area (Å²) in [6, 6.07) is 9.87. The third kappa shape index (κ3) is 4.53. The number of hydrogen-bond acceptors (Lipinski definition) is 4. The zero-order valence-electron chi connectivity index (χ0n) is 13.1. The van der Waals surface area contributed by atoms with Crippen molar-refractivity contribution in [2.75, 3.05) is 19.6 Å². The van der Waals surface area contributed by atoms with Crippen LogP contribution in [0.1, 0.15) is 25.3 Å². The first-order chi connectivity index (χ1) is 10.6. The number of carbonyl (C=O) groups excluding carboxylic acids is 1. The van der Waals surface area contributed by atoms with E-state index in [0.717, 1.165) is 19.4 Å². The van der Waals surface area contributed by atoms with Crippen molar-refractivity contribution in [2.24, 2.45) is 0 Å². The predicted octanol–water partition coefficient (Wildman–Crippen LogP) is 0.551. The van der Waals surface area contributed by atoms with Crippen LogP contribution in [0, 0.1) is 0 Å². The van der Waals surface area contributed by atoms with Crippen molar-refractivity contribution < 1.29 is 15.0 Å². The first kappa shape index (κ1) is 16.9. The average Bonchev–Trinajstić information content (AvgIpc) is 2.51. The van der Waals surface area contributed by atoms with Gasteiger partial charge in [-0.3, -0.25) is 9.69 Å². The number of aliphatic hydroxyl groups is 2. The number of carbonyl (C=O) groups is 1. The van der Waals surface area contributed by atoms with E-state index < -0.39 is 12.2 Å². The van der Waals surface area contributed by atoms with Gasteiger partial charge in [-0.1, -0.05) is 30.3 Å². The van der Waals surface area contributed by atoms with Gasteiger partial charge in [0, 0.05) is 19.5 Å². The maximum Gasteiger partial charge on any atom is 0.237 e. The minimum absolute atomic E-state index is 0.0619. The minimum atomic E-state index is -0.821. The molecule has 1 aromatic carbocycles. The second-order valence-corrected chi connectivity index (χ2v) is 5.86. The van der Waals surface area contributed by atoms with E-state index in [1.54, 1.807) is 0 Å². The van der Waals surface area contributed by atoms with E-state index in [-0.39, 0.29) is 11.9 Å². The highest BCUT2D eigenvalue weighted by Gasteiger charge is 2.36. The molecule has 0 bridgehead atoms. The van der Waals surface area contributed by atoms with Gasteiger partial charge in [-0.25, -0.2) is 0 Å². The first-order valence-corrected chi connectivity index (χ1v) is 8.03. The molecule has 1 fully saturated rings. The molecule has 122 valence electrons. The van der Waals surface area contributed by atoms with Crippen molar-refractivity contribution in [3.8, 4) is 0 Å². The van der Waals surface area contributed by atoms with E-state index in [1.807, 2.05) is 30.0 Å². The summed E-state index contributed by atoms with van der Waals surface area (Å²) < 4.78 is 0. The molecule has 3 N–H and O–H groups in total. The molecular weight excluding hydrogens is 280 g/mol. The minimum Gasteiger partial charge on any atom is -0.390 e. The fourth-order valence-corrected chi connectivity index (χ4v) is 2.97. The fraction of sp³-hybridized carbons (Fsp3) is 0.588. The highest BCUT2D eigenvalue weighted by atomic mass is 16.3. The Morgan fingerprint density at radius 3 is 2.68 bits per heavy atom. The Bertz CT molecular complexity index is 466. The van der Waals surface area contributed by atoms with Crippen LogP contribution in [0.4, 0.5) is 0 Å². The average molecular weight is 306 g/mol. The highest BCUT2D eigenvalue weighted by molar-refractivity contribution is 5.81. The molecule has 1 amide bonds. The maximum atomic E-state index is 12.1. The largest absolute Gasteiger partial charge is 0.390 e. The second kappa shape index (κ2) is 8.27. The van der Waals surface area contributed by atoms with E-state index in [2.05, 4.69) is 17.4 Å². The summed E-state index contributed by atoms with van der Waals surface area (Å²) in [5.41, 5.74) is 1.27.